The molecule has 1 heterocycles. The highest BCUT2D eigenvalue weighted by atomic mass is 19.1. The van der Waals surface area contributed by atoms with Crippen LogP contribution in [-0.4, -0.2) is 39.6 Å². The Hall–Kier alpha value is -4.33. The largest absolute Gasteiger partial charge is 0.469 e. The molecule has 1 N–H and O–H groups in total. The molecule has 5 rings (SSSR count). The highest BCUT2D eigenvalue weighted by Crippen LogP contribution is 2.47. The predicted octanol–water partition coefficient (Wildman–Crippen LogP) is 6.66. The van der Waals surface area contributed by atoms with Crippen LogP contribution >= 0.6 is 0 Å². The summed E-state index contributed by atoms with van der Waals surface area (Å²) in [6.45, 7) is 0.686. The van der Waals surface area contributed by atoms with E-state index in [1.54, 1.807) is 31.3 Å². The molecular formula is C31H31FN2O5. The van der Waals surface area contributed by atoms with Crippen LogP contribution in [0.4, 0.5) is 10.1 Å². The molecule has 1 amide bonds. The topological polar surface area (TPSA) is 81.0 Å². The number of esters is 1. The van der Waals surface area contributed by atoms with Crippen LogP contribution in [-0.2, 0) is 9.53 Å². The Labute approximate surface area is 226 Å². The fourth-order valence-electron chi connectivity index (χ4n) is 4.75. The number of hydrogen-bond acceptors (Lipinski definition) is 6. The average Bonchev–Trinajstić information content (AvgIpc) is 3.73. The third kappa shape index (κ3) is 5.74. The highest BCUT2D eigenvalue weighted by Gasteiger charge is 2.30. The Bertz CT molecular complexity index is 1490. The summed E-state index contributed by atoms with van der Waals surface area (Å²) in [6, 6.07) is 17.1. The third-order valence-corrected chi connectivity index (χ3v) is 6.99. The van der Waals surface area contributed by atoms with Crippen LogP contribution in [0, 0.1) is 5.82 Å². The summed E-state index contributed by atoms with van der Waals surface area (Å²) in [7, 11) is 5.01. The van der Waals surface area contributed by atoms with Gasteiger partial charge in [0.1, 0.15) is 28.7 Å². The van der Waals surface area contributed by atoms with Crippen LogP contribution in [0.5, 0.6) is 11.5 Å². The molecule has 202 valence electrons. The minimum atomic E-state index is -0.329. The molecule has 0 atom stereocenters. The van der Waals surface area contributed by atoms with Crippen molar-refractivity contribution in [1.82, 2.24) is 5.32 Å². The second-order valence-corrected chi connectivity index (χ2v) is 9.75. The lowest BCUT2D eigenvalue weighted by molar-refractivity contribution is -0.140. The van der Waals surface area contributed by atoms with Gasteiger partial charge in [0.2, 0.25) is 0 Å². The number of halogens is 1. The van der Waals surface area contributed by atoms with E-state index >= 15 is 0 Å². The molecule has 1 fully saturated rings. The number of methoxy groups -OCH3 is 1. The number of nitrogens with zero attached hydrogens (tertiary/aromatic N) is 1. The number of amides is 1. The van der Waals surface area contributed by atoms with Gasteiger partial charge in [0.25, 0.3) is 5.91 Å². The number of furan rings is 1. The summed E-state index contributed by atoms with van der Waals surface area (Å²) in [5, 5.41) is 3.52. The van der Waals surface area contributed by atoms with E-state index in [2.05, 4.69) is 16.3 Å². The maximum Gasteiger partial charge on any atom is 0.305 e. The molecule has 3 aromatic carbocycles. The lowest BCUT2D eigenvalue weighted by Crippen LogP contribution is -2.21. The smallest absolute Gasteiger partial charge is 0.305 e. The Morgan fingerprint density at radius 3 is 2.33 bits per heavy atom. The monoisotopic (exact) mass is 530 g/mol. The van der Waals surface area contributed by atoms with Crippen molar-refractivity contribution in [2.75, 3.05) is 32.6 Å². The number of ether oxygens (including phenoxy) is 2. The molecule has 0 bridgehead atoms. The van der Waals surface area contributed by atoms with Gasteiger partial charge in [-0.2, -0.15) is 0 Å². The second kappa shape index (κ2) is 11.2. The summed E-state index contributed by atoms with van der Waals surface area (Å²) in [5.74, 6) is 1.24. The quantitative estimate of drug-likeness (QED) is 0.231. The van der Waals surface area contributed by atoms with E-state index in [1.807, 2.05) is 25.2 Å². The average molecular weight is 531 g/mol. The number of fused-ring (bicyclic) bond motifs is 1. The first-order valence-corrected chi connectivity index (χ1v) is 13.0. The molecule has 1 aliphatic rings. The first-order chi connectivity index (χ1) is 18.9. The van der Waals surface area contributed by atoms with Gasteiger partial charge in [0.05, 0.1) is 12.7 Å². The molecule has 7 nitrogen and oxygen atoms in total. The van der Waals surface area contributed by atoms with Gasteiger partial charge in [-0.15, -0.1) is 0 Å². The molecule has 1 saturated carbocycles. The number of anilines is 1. The Morgan fingerprint density at radius 1 is 1.05 bits per heavy atom. The van der Waals surface area contributed by atoms with E-state index in [0.717, 1.165) is 29.5 Å². The number of carbonyl (C=O) groups is 2. The number of nitrogens with one attached hydrogen (secondary N) is 1. The molecule has 0 saturated heterocycles. The first kappa shape index (κ1) is 26.3. The van der Waals surface area contributed by atoms with Gasteiger partial charge in [-0.3, -0.25) is 9.59 Å². The lowest BCUT2D eigenvalue weighted by Gasteiger charge is -2.22. The highest BCUT2D eigenvalue weighted by molar-refractivity contribution is 6.11. The number of carbonyl (C=O) groups excluding carboxylic acids is 2. The summed E-state index contributed by atoms with van der Waals surface area (Å²) in [6.07, 6.45) is 3.23. The fraction of sp³-hybridized carbons (Fsp3) is 0.290. The van der Waals surface area contributed by atoms with Crippen molar-refractivity contribution >= 4 is 28.5 Å². The van der Waals surface area contributed by atoms with Crippen LogP contribution in [0.25, 0.3) is 22.3 Å². The SMILES string of the molecule is CNC(=O)c1c(-c2ccc(Oc3ccc(F)cc3)cc2)oc2cc(N(C)CCCC(=O)OC)c(C3CC3)cc12. The predicted molar refractivity (Wildman–Crippen MR) is 148 cm³/mol. The van der Waals surface area contributed by atoms with Crippen molar-refractivity contribution in [3.63, 3.8) is 0 Å². The van der Waals surface area contributed by atoms with Crippen molar-refractivity contribution in [2.24, 2.45) is 0 Å². The van der Waals surface area contributed by atoms with Gasteiger partial charge in [-0.05, 0) is 85.3 Å². The zero-order valence-corrected chi connectivity index (χ0v) is 22.3. The molecular weight excluding hydrogens is 499 g/mol. The molecule has 8 heteroatoms. The van der Waals surface area contributed by atoms with Crippen LogP contribution in [0.2, 0.25) is 0 Å². The standard InChI is InChI=1S/C31H31FN2O5/c1-33-31(36)29-25-17-24(19-6-7-19)26(34(2)16-4-5-28(35)37-3)18-27(25)39-30(29)20-8-12-22(13-9-20)38-23-14-10-21(32)11-15-23/h8-15,17-19H,4-7,16H2,1-3H3,(H,33,36). The number of rotatable bonds is 10. The van der Waals surface area contributed by atoms with Crippen LogP contribution in [0.15, 0.2) is 65.1 Å². The van der Waals surface area contributed by atoms with E-state index in [4.69, 9.17) is 13.9 Å². The zero-order chi connectivity index (χ0) is 27.5. The summed E-state index contributed by atoms with van der Waals surface area (Å²) in [5.41, 5.74) is 4.07. The minimum absolute atomic E-state index is 0.221. The Morgan fingerprint density at radius 2 is 1.72 bits per heavy atom. The normalized spacial score (nSPS) is 12.8. The van der Waals surface area contributed by atoms with Gasteiger partial charge in [0.15, 0.2) is 0 Å². The van der Waals surface area contributed by atoms with Crippen LogP contribution in [0.3, 0.4) is 0 Å². The van der Waals surface area contributed by atoms with Crippen molar-refractivity contribution in [1.29, 1.82) is 0 Å². The molecule has 1 aliphatic carbocycles. The van der Waals surface area contributed by atoms with Crippen LogP contribution < -0.4 is 15.0 Å². The molecule has 39 heavy (non-hydrogen) atoms. The second-order valence-electron chi connectivity index (χ2n) is 9.75. The Kier molecular flexibility index (Phi) is 7.54. The molecule has 0 radical (unpaired) electrons. The Balaban J connectivity index is 1.49. The van der Waals surface area contributed by atoms with Gasteiger partial charge >= 0.3 is 5.97 Å². The molecule has 4 aromatic rings. The lowest BCUT2D eigenvalue weighted by atomic mass is 10.00. The van der Waals surface area contributed by atoms with Crippen molar-refractivity contribution < 1.29 is 27.9 Å². The summed E-state index contributed by atoms with van der Waals surface area (Å²) < 4.78 is 30.1. The van der Waals surface area contributed by atoms with Gasteiger partial charge < -0.3 is 24.1 Å². The van der Waals surface area contributed by atoms with Crippen LogP contribution in [0.1, 0.15) is 47.5 Å². The van der Waals surface area contributed by atoms with Crippen molar-refractivity contribution in [3.8, 4) is 22.8 Å². The third-order valence-electron chi connectivity index (χ3n) is 6.99. The fourth-order valence-corrected chi connectivity index (χ4v) is 4.75. The van der Waals surface area contributed by atoms with Gasteiger partial charge in [-0.1, -0.05) is 0 Å². The van der Waals surface area contributed by atoms with E-state index in [-0.39, 0.29) is 17.7 Å². The van der Waals surface area contributed by atoms with Crippen molar-refractivity contribution in [2.45, 2.75) is 31.6 Å². The number of benzene rings is 3. The number of hydrogen-bond donors (Lipinski definition) is 1. The van der Waals surface area contributed by atoms with E-state index in [1.165, 1.54) is 24.8 Å². The first-order valence-electron chi connectivity index (χ1n) is 13.0. The van der Waals surface area contributed by atoms with E-state index in [9.17, 15) is 14.0 Å². The molecule has 0 unspecified atom stereocenters. The van der Waals surface area contributed by atoms with Crippen molar-refractivity contribution in [3.05, 3.63) is 77.6 Å². The summed E-state index contributed by atoms with van der Waals surface area (Å²) in [4.78, 5) is 26.8. The molecule has 0 aliphatic heterocycles. The minimum Gasteiger partial charge on any atom is -0.469 e. The van der Waals surface area contributed by atoms with E-state index in [0.29, 0.717) is 53.7 Å². The molecule has 0 spiro atoms. The molecule has 1 aromatic heterocycles. The maximum absolute atomic E-state index is 13.2. The van der Waals surface area contributed by atoms with E-state index < -0.39 is 0 Å². The zero-order valence-electron chi connectivity index (χ0n) is 22.3. The van der Waals surface area contributed by atoms with Gasteiger partial charge in [0, 0.05) is 49.8 Å². The summed E-state index contributed by atoms with van der Waals surface area (Å²) >= 11 is 0. The van der Waals surface area contributed by atoms with Gasteiger partial charge in [-0.25, -0.2) is 4.39 Å². The maximum atomic E-state index is 13.2.